The molecule has 1 fully saturated rings. The lowest BCUT2D eigenvalue weighted by Crippen LogP contribution is -2.36. The first-order valence-corrected chi connectivity index (χ1v) is 10.2. The summed E-state index contributed by atoms with van der Waals surface area (Å²) in [5.41, 5.74) is 1.48. The summed E-state index contributed by atoms with van der Waals surface area (Å²) in [6.45, 7) is 4.64. The van der Waals surface area contributed by atoms with Gasteiger partial charge in [-0.1, -0.05) is 23.7 Å². The van der Waals surface area contributed by atoms with Gasteiger partial charge in [-0.2, -0.15) is 0 Å². The first-order chi connectivity index (χ1) is 14.0. The number of hydrogen-bond donors (Lipinski definition) is 2. The van der Waals surface area contributed by atoms with Crippen molar-refractivity contribution in [3.63, 3.8) is 0 Å². The van der Waals surface area contributed by atoms with Gasteiger partial charge in [0.1, 0.15) is 5.75 Å². The van der Waals surface area contributed by atoms with Gasteiger partial charge in [0.15, 0.2) is 11.5 Å². The molecule has 1 unspecified atom stereocenters. The standard InChI is InChI=1S/C22H27ClN2O4/c1-3-29-20-13-16(12-18(23)21(20)26)22(27)24-14-19(25-10-4-5-11-25)15-6-8-17(28-2)9-7-15/h6-9,12-13,19,26H,3-5,10-11,14H2,1-2H3,(H,24,27). The molecular formula is C22H27ClN2O4. The normalized spacial score (nSPS) is 15.1. The Labute approximate surface area is 176 Å². The van der Waals surface area contributed by atoms with E-state index in [4.69, 9.17) is 21.1 Å². The third kappa shape index (κ3) is 5.14. The Morgan fingerprint density at radius 3 is 2.55 bits per heavy atom. The average Bonchev–Trinajstić information content (AvgIpc) is 3.26. The zero-order chi connectivity index (χ0) is 20.8. The monoisotopic (exact) mass is 418 g/mol. The fourth-order valence-electron chi connectivity index (χ4n) is 3.60. The number of carbonyl (C=O) groups excluding carboxylic acids is 1. The van der Waals surface area contributed by atoms with Gasteiger partial charge < -0.3 is 19.9 Å². The summed E-state index contributed by atoms with van der Waals surface area (Å²) in [6, 6.07) is 11.0. The summed E-state index contributed by atoms with van der Waals surface area (Å²) in [4.78, 5) is 15.2. The molecule has 1 amide bonds. The van der Waals surface area contributed by atoms with Crippen LogP contribution in [-0.2, 0) is 0 Å². The van der Waals surface area contributed by atoms with E-state index in [1.807, 2.05) is 24.3 Å². The van der Waals surface area contributed by atoms with Crippen LogP contribution >= 0.6 is 11.6 Å². The second-order valence-electron chi connectivity index (χ2n) is 6.98. The lowest BCUT2D eigenvalue weighted by molar-refractivity contribution is 0.0937. The number of phenolic OH excluding ortho intramolecular Hbond substituents is 1. The summed E-state index contributed by atoms with van der Waals surface area (Å²) in [7, 11) is 1.65. The fraction of sp³-hybridized carbons (Fsp3) is 0.409. The Kier molecular flexibility index (Phi) is 7.23. The fourth-order valence-corrected chi connectivity index (χ4v) is 3.81. The highest BCUT2D eigenvalue weighted by atomic mass is 35.5. The van der Waals surface area contributed by atoms with Gasteiger partial charge in [0, 0.05) is 12.1 Å². The van der Waals surface area contributed by atoms with Gasteiger partial charge in [-0.15, -0.1) is 0 Å². The quantitative estimate of drug-likeness (QED) is 0.677. The number of aromatic hydroxyl groups is 1. The zero-order valence-electron chi connectivity index (χ0n) is 16.8. The number of likely N-dealkylation sites (tertiary alicyclic amines) is 1. The molecule has 156 valence electrons. The Morgan fingerprint density at radius 1 is 1.24 bits per heavy atom. The van der Waals surface area contributed by atoms with Crippen LogP contribution in [0.15, 0.2) is 36.4 Å². The summed E-state index contributed by atoms with van der Waals surface area (Å²) < 4.78 is 10.6. The molecule has 1 aliphatic heterocycles. The molecule has 0 aromatic heterocycles. The van der Waals surface area contributed by atoms with Crippen LogP contribution in [0.2, 0.25) is 5.02 Å². The van der Waals surface area contributed by atoms with Crippen molar-refractivity contribution in [3.05, 3.63) is 52.5 Å². The molecule has 3 rings (SSSR count). The van der Waals surface area contributed by atoms with Crippen LogP contribution in [0.4, 0.5) is 0 Å². The van der Waals surface area contributed by atoms with Crippen LogP contribution in [0.3, 0.4) is 0 Å². The number of rotatable bonds is 8. The number of halogens is 1. The van der Waals surface area contributed by atoms with E-state index < -0.39 is 0 Å². The van der Waals surface area contributed by atoms with Gasteiger partial charge in [0.25, 0.3) is 5.91 Å². The largest absolute Gasteiger partial charge is 0.503 e. The topological polar surface area (TPSA) is 71.0 Å². The second kappa shape index (κ2) is 9.85. The highest BCUT2D eigenvalue weighted by Gasteiger charge is 2.24. The number of hydrogen-bond acceptors (Lipinski definition) is 5. The van der Waals surface area contributed by atoms with E-state index in [0.29, 0.717) is 18.7 Å². The van der Waals surface area contributed by atoms with Crippen LogP contribution in [0.5, 0.6) is 17.2 Å². The molecule has 1 heterocycles. The first-order valence-electron chi connectivity index (χ1n) is 9.85. The molecule has 1 atom stereocenters. The van der Waals surface area contributed by atoms with Gasteiger partial charge in [-0.25, -0.2) is 0 Å². The molecule has 0 radical (unpaired) electrons. The highest BCUT2D eigenvalue weighted by Crippen LogP contribution is 2.35. The number of nitrogens with zero attached hydrogens (tertiary/aromatic N) is 1. The van der Waals surface area contributed by atoms with Crippen LogP contribution in [0, 0.1) is 0 Å². The summed E-state index contributed by atoms with van der Waals surface area (Å²) in [5.74, 6) is 0.598. The third-order valence-electron chi connectivity index (χ3n) is 5.13. The number of methoxy groups -OCH3 is 1. The molecule has 0 aliphatic carbocycles. The van der Waals surface area contributed by atoms with Gasteiger partial charge in [-0.3, -0.25) is 9.69 Å². The molecule has 1 saturated heterocycles. The molecule has 0 bridgehead atoms. The predicted molar refractivity (Wildman–Crippen MR) is 113 cm³/mol. The van der Waals surface area contributed by atoms with Gasteiger partial charge in [-0.05, 0) is 62.7 Å². The smallest absolute Gasteiger partial charge is 0.251 e. The van der Waals surface area contributed by atoms with Gasteiger partial charge in [0.05, 0.1) is 24.8 Å². The van der Waals surface area contributed by atoms with E-state index >= 15 is 0 Å². The molecule has 29 heavy (non-hydrogen) atoms. The van der Waals surface area contributed by atoms with Gasteiger partial charge >= 0.3 is 0 Å². The van der Waals surface area contributed by atoms with Gasteiger partial charge in [0.2, 0.25) is 0 Å². The second-order valence-corrected chi connectivity index (χ2v) is 7.39. The SMILES string of the molecule is CCOc1cc(C(=O)NCC(c2ccc(OC)cc2)N2CCCC2)cc(Cl)c1O. The minimum absolute atomic E-state index is 0.0753. The van der Waals surface area contributed by atoms with Crippen molar-refractivity contribution in [2.75, 3.05) is 33.4 Å². The molecule has 2 aromatic carbocycles. The Bertz CT molecular complexity index is 835. The van der Waals surface area contributed by atoms with Crippen molar-refractivity contribution < 1.29 is 19.4 Å². The average molecular weight is 419 g/mol. The maximum absolute atomic E-state index is 12.8. The maximum Gasteiger partial charge on any atom is 0.251 e. The molecule has 6 nitrogen and oxygen atoms in total. The minimum atomic E-state index is -0.259. The number of carbonyl (C=O) groups is 1. The number of ether oxygens (including phenoxy) is 2. The minimum Gasteiger partial charge on any atom is -0.503 e. The van der Waals surface area contributed by atoms with E-state index in [0.717, 1.165) is 37.2 Å². The van der Waals surface area contributed by atoms with Crippen LogP contribution in [0.25, 0.3) is 0 Å². The lowest BCUT2D eigenvalue weighted by atomic mass is 10.0. The maximum atomic E-state index is 12.8. The Balaban J connectivity index is 1.75. The Hall–Kier alpha value is -2.44. The van der Waals surface area contributed by atoms with Crippen molar-refractivity contribution >= 4 is 17.5 Å². The molecule has 0 saturated carbocycles. The molecule has 1 aliphatic rings. The summed E-state index contributed by atoms with van der Waals surface area (Å²) >= 11 is 6.06. The van der Waals surface area contributed by atoms with E-state index in [1.54, 1.807) is 14.0 Å². The predicted octanol–water partition coefficient (Wildman–Crippen LogP) is 4.02. The van der Waals surface area contributed by atoms with Crippen molar-refractivity contribution in [1.82, 2.24) is 10.2 Å². The van der Waals surface area contributed by atoms with Crippen molar-refractivity contribution in [1.29, 1.82) is 0 Å². The molecular weight excluding hydrogens is 392 g/mol. The van der Waals surface area contributed by atoms with Crippen LogP contribution in [0.1, 0.15) is 41.7 Å². The van der Waals surface area contributed by atoms with E-state index in [1.165, 1.54) is 12.1 Å². The number of amides is 1. The highest BCUT2D eigenvalue weighted by molar-refractivity contribution is 6.32. The first kappa shape index (κ1) is 21.3. The molecule has 0 spiro atoms. The molecule has 7 heteroatoms. The lowest BCUT2D eigenvalue weighted by Gasteiger charge is -2.28. The van der Waals surface area contributed by atoms with E-state index in [-0.39, 0.29) is 28.5 Å². The number of nitrogens with one attached hydrogen (secondary N) is 1. The Morgan fingerprint density at radius 2 is 1.93 bits per heavy atom. The van der Waals surface area contributed by atoms with Crippen LogP contribution in [-0.4, -0.2) is 49.3 Å². The molecule has 2 aromatic rings. The number of phenols is 1. The number of benzene rings is 2. The third-order valence-corrected chi connectivity index (χ3v) is 5.42. The van der Waals surface area contributed by atoms with Crippen molar-refractivity contribution in [2.45, 2.75) is 25.8 Å². The van der Waals surface area contributed by atoms with E-state index in [2.05, 4.69) is 10.2 Å². The van der Waals surface area contributed by atoms with Crippen molar-refractivity contribution in [2.24, 2.45) is 0 Å². The van der Waals surface area contributed by atoms with E-state index in [9.17, 15) is 9.90 Å². The van der Waals surface area contributed by atoms with Crippen LogP contribution < -0.4 is 14.8 Å². The molecule has 2 N–H and O–H groups in total. The van der Waals surface area contributed by atoms with Crippen molar-refractivity contribution in [3.8, 4) is 17.2 Å². The summed E-state index contributed by atoms with van der Waals surface area (Å²) in [5, 5.41) is 13.1. The summed E-state index contributed by atoms with van der Waals surface area (Å²) in [6.07, 6.45) is 2.32. The zero-order valence-corrected chi connectivity index (χ0v) is 17.5.